The van der Waals surface area contributed by atoms with Crippen molar-refractivity contribution in [2.24, 2.45) is 5.10 Å². The molecule has 3 rings (SSSR count). The van der Waals surface area contributed by atoms with Crippen LogP contribution in [0.5, 0.6) is 5.75 Å². The van der Waals surface area contributed by atoms with Gasteiger partial charge in [-0.2, -0.15) is 5.10 Å². The van der Waals surface area contributed by atoms with E-state index in [0.29, 0.717) is 17.1 Å². The zero-order valence-corrected chi connectivity index (χ0v) is 14.8. The number of carbonyl (C=O) groups excluding carboxylic acids is 1. The van der Waals surface area contributed by atoms with E-state index in [2.05, 4.69) is 10.5 Å². The SMILES string of the molecule is C/C(=N\NC(=O)[C@H](C)Oc1ccc2ccccc2c1)c1cccc(N)c1. The maximum absolute atomic E-state index is 12.2. The van der Waals surface area contributed by atoms with Gasteiger partial charge in [0.2, 0.25) is 0 Å². The Balaban J connectivity index is 1.64. The molecule has 0 spiro atoms. The lowest BCUT2D eigenvalue weighted by molar-refractivity contribution is -0.127. The molecule has 0 saturated carbocycles. The van der Waals surface area contributed by atoms with Gasteiger partial charge in [0.05, 0.1) is 5.71 Å². The maximum atomic E-state index is 12.2. The summed E-state index contributed by atoms with van der Waals surface area (Å²) in [5.74, 6) is 0.323. The highest BCUT2D eigenvalue weighted by Gasteiger charge is 2.14. The molecule has 5 heteroatoms. The van der Waals surface area contributed by atoms with Crippen LogP contribution in [-0.2, 0) is 4.79 Å². The highest BCUT2D eigenvalue weighted by molar-refractivity contribution is 6.00. The molecular formula is C21H21N3O2. The molecule has 0 radical (unpaired) electrons. The third kappa shape index (κ3) is 4.19. The van der Waals surface area contributed by atoms with E-state index in [1.807, 2.05) is 61.5 Å². The second kappa shape index (κ2) is 7.70. The highest BCUT2D eigenvalue weighted by Crippen LogP contribution is 2.21. The van der Waals surface area contributed by atoms with Crippen molar-refractivity contribution in [3.8, 4) is 5.75 Å². The Morgan fingerprint density at radius 1 is 1.04 bits per heavy atom. The fourth-order valence-corrected chi connectivity index (χ4v) is 2.56. The third-order valence-electron chi connectivity index (χ3n) is 4.04. The lowest BCUT2D eigenvalue weighted by Crippen LogP contribution is -2.33. The number of carbonyl (C=O) groups is 1. The minimum absolute atomic E-state index is 0.318. The zero-order valence-electron chi connectivity index (χ0n) is 14.8. The van der Waals surface area contributed by atoms with Crippen LogP contribution in [0.2, 0.25) is 0 Å². The van der Waals surface area contributed by atoms with Gasteiger partial charge in [0, 0.05) is 5.69 Å². The molecule has 0 unspecified atom stereocenters. The van der Waals surface area contributed by atoms with Crippen molar-refractivity contribution in [1.82, 2.24) is 5.43 Å². The third-order valence-corrected chi connectivity index (χ3v) is 4.04. The summed E-state index contributed by atoms with van der Waals surface area (Å²) < 4.78 is 5.74. The van der Waals surface area contributed by atoms with Crippen LogP contribution in [0.3, 0.4) is 0 Å². The molecule has 3 N–H and O–H groups in total. The Labute approximate surface area is 152 Å². The van der Waals surface area contributed by atoms with Crippen molar-refractivity contribution >= 4 is 28.1 Å². The quantitative estimate of drug-likeness (QED) is 0.419. The van der Waals surface area contributed by atoms with Gasteiger partial charge >= 0.3 is 0 Å². The number of amides is 1. The molecule has 5 nitrogen and oxygen atoms in total. The molecule has 0 fully saturated rings. The fourth-order valence-electron chi connectivity index (χ4n) is 2.56. The Morgan fingerprint density at radius 3 is 2.58 bits per heavy atom. The molecule has 0 aliphatic rings. The summed E-state index contributed by atoms with van der Waals surface area (Å²) in [6.07, 6.45) is -0.673. The molecule has 0 saturated heterocycles. The predicted octanol–water partition coefficient (Wildman–Crippen LogP) is 3.73. The van der Waals surface area contributed by atoms with Crippen LogP contribution in [0.4, 0.5) is 5.69 Å². The first kappa shape index (κ1) is 17.5. The first-order chi connectivity index (χ1) is 12.5. The number of hydrazone groups is 1. The van der Waals surface area contributed by atoms with Gasteiger partial charge in [-0.25, -0.2) is 5.43 Å². The average Bonchev–Trinajstić information content (AvgIpc) is 2.65. The summed E-state index contributed by atoms with van der Waals surface area (Å²) in [5, 5.41) is 6.32. The van der Waals surface area contributed by atoms with Crippen molar-refractivity contribution in [3.05, 3.63) is 72.3 Å². The molecule has 0 aromatic heterocycles. The van der Waals surface area contributed by atoms with Crippen molar-refractivity contribution in [3.63, 3.8) is 0 Å². The number of ether oxygens (including phenoxy) is 1. The Hall–Kier alpha value is -3.34. The van der Waals surface area contributed by atoms with Gasteiger partial charge < -0.3 is 10.5 Å². The number of nitrogens with zero attached hydrogens (tertiary/aromatic N) is 1. The van der Waals surface area contributed by atoms with Crippen molar-refractivity contribution < 1.29 is 9.53 Å². The first-order valence-electron chi connectivity index (χ1n) is 8.38. The zero-order chi connectivity index (χ0) is 18.5. The first-order valence-corrected chi connectivity index (χ1v) is 8.38. The number of benzene rings is 3. The van der Waals surface area contributed by atoms with Crippen molar-refractivity contribution in [2.45, 2.75) is 20.0 Å². The molecule has 0 bridgehead atoms. The Kier molecular flexibility index (Phi) is 5.17. The van der Waals surface area contributed by atoms with Crippen molar-refractivity contribution in [2.75, 3.05) is 5.73 Å². The number of nitrogens with one attached hydrogen (secondary N) is 1. The van der Waals surface area contributed by atoms with Crippen LogP contribution in [-0.4, -0.2) is 17.7 Å². The highest BCUT2D eigenvalue weighted by atomic mass is 16.5. The number of hydrogen-bond acceptors (Lipinski definition) is 4. The predicted molar refractivity (Wildman–Crippen MR) is 105 cm³/mol. The summed E-state index contributed by atoms with van der Waals surface area (Å²) in [5.41, 5.74) is 10.5. The van der Waals surface area contributed by atoms with E-state index in [4.69, 9.17) is 10.5 Å². The standard InChI is InChI=1S/C21H21N3O2/c1-14(17-8-5-9-19(22)12-17)23-24-21(25)15(2)26-20-11-10-16-6-3-4-7-18(16)13-20/h3-13,15H,22H2,1-2H3,(H,24,25)/b23-14+/t15-/m0/s1. The Bertz CT molecular complexity index is 966. The maximum Gasteiger partial charge on any atom is 0.280 e. The summed E-state index contributed by atoms with van der Waals surface area (Å²) >= 11 is 0. The van der Waals surface area contributed by atoms with E-state index in [1.165, 1.54) is 0 Å². The molecule has 132 valence electrons. The number of nitrogen functional groups attached to an aromatic ring is 1. The van der Waals surface area contributed by atoms with E-state index >= 15 is 0 Å². The Morgan fingerprint density at radius 2 is 1.81 bits per heavy atom. The van der Waals surface area contributed by atoms with Crippen LogP contribution in [0.25, 0.3) is 10.8 Å². The number of nitrogens with two attached hydrogens (primary N) is 1. The van der Waals surface area contributed by atoms with Crippen molar-refractivity contribution in [1.29, 1.82) is 0 Å². The van der Waals surface area contributed by atoms with Crippen LogP contribution < -0.4 is 15.9 Å². The second-order valence-electron chi connectivity index (χ2n) is 6.07. The lowest BCUT2D eigenvalue weighted by atomic mass is 10.1. The molecule has 3 aromatic rings. The molecule has 1 atom stereocenters. The molecule has 0 aliphatic heterocycles. The van der Waals surface area contributed by atoms with Gasteiger partial charge in [-0.1, -0.05) is 42.5 Å². The van der Waals surface area contributed by atoms with Gasteiger partial charge in [0.1, 0.15) is 5.75 Å². The molecule has 0 aliphatic carbocycles. The topological polar surface area (TPSA) is 76.7 Å². The van der Waals surface area contributed by atoms with Gasteiger partial charge in [0.25, 0.3) is 5.91 Å². The van der Waals surface area contributed by atoms with E-state index in [1.54, 1.807) is 19.1 Å². The minimum Gasteiger partial charge on any atom is -0.481 e. The lowest BCUT2D eigenvalue weighted by Gasteiger charge is -2.14. The van der Waals surface area contributed by atoms with E-state index in [9.17, 15) is 4.79 Å². The van der Waals surface area contributed by atoms with Crippen LogP contribution in [0.1, 0.15) is 19.4 Å². The van der Waals surface area contributed by atoms with Gasteiger partial charge in [-0.3, -0.25) is 4.79 Å². The summed E-state index contributed by atoms with van der Waals surface area (Å²) in [6.45, 7) is 3.50. The summed E-state index contributed by atoms with van der Waals surface area (Å²) in [4.78, 5) is 12.2. The normalized spacial score (nSPS) is 12.6. The number of fused-ring (bicyclic) bond motifs is 1. The summed E-state index contributed by atoms with van der Waals surface area (Å²) in [6, 6.07) is 21.1. The number of rotatable bonds is 5. The van der Waals surface area contributed by atoms with Gasteiger partial charge in [-0.15, -0.1) is 0 Å². The van der Waals surface area contributed by atoms with Crippen LogP contribution in [0.15, 0.2) is 71.8 Å². The van der Waals surface area contributed by atoms with Gasteiger partial charge in [-0.05, 0) is 54.4 Å². The smallest absolute Gasteiger partial charge is 0.280 e. The van der Waals surface area contributed by atoms with E-state index < -0.39 is 6.10 Å². The average molecular weight is 347 g/mol. The minimum atomic E-state index is -0.673. The molecule has 0 heterocycles. The number of hydrogen-bond donors (Lipinski definition) is 2. The molecule has 3 aromatic carbocycles. The largest absolute Gasteiger partial charge is 0.481 e. The molecule has 1 amide bonds. The van der Waals surface area contributed by atoms with Crippen LogP contribution in [0, 0.1) is 0 Å². The number of anilines is 1. The van der Waals surface area contributed by atoms with Gasteiger partial charge in [0.15, 0.2) is 6.10 Å². The van der Waals surface area contributed by atoms with E-state index in [0.717, 1.165) is 16.3 Å². The summed E-state index contributed by atoms with van der Waals surface area (Å²) in [7, 11) is 0. The van der Waals surface area contributed by atoms with Crippen LogP contribution >= 0.6 is 0 Å². The molecule has 26 heavy (non-hydrogen) atoms. The fraction of sp³-hybridized carbons (Fsp3) is 0.143. The monoisotopic (exact) mass is 347 g/mol. The second-order valence-corrected chi connectivity index (χ2v) is 6.07. The van der Waals surface area contributed by atoms with E-state index in [-0.39, 0.29) is 5.91 Å². The molecular weight excluding hydrogens is 326 g/mol.